The highest BCUT2D eigenvalue weighted by molar-refractivity contribution is 5.72. The maximum Gasteiger partial charge on any atom is 0.00173 e. The van der Waals surface area contributed by atoms with E-state index in [0.29, 0.717) is 0 Å². The summed E-state index contributed by atoms with van der Waals surface area (Å²) in [6.45, 7) is 3.66. The zero-order chi connectivity index (χ0) is 8.10. The van der Waals surface area contributed by atoms with E-state index < -0.39 is 0 Å². The van der Waals surface area contributed by atoms with Crippen molar-refractivity contribution in [1.29, 1.82) is 0 Å². The molecule has 0 fully saturated rings. The molecule has 56 valence electrons. The maximum atomic E-state index is 5.38. The second kappa shape index (κ2) is 3.62. The molecule has 0 spiro atoms. The summed E-state index contributed by atoms with van der Waals surface area (Å²) in [5.41, 5.74) is 7.45. The second-order valence-corrected chi connectivity index (χ2v) is 2.19. The molecule has 0 amide bonds. The van der Waals surface area contributed by atoms with E-state index in [4.69, 9.17) is 5.73 Å². The highest BCUT2D eigenvalue weighted by Gasteiger charge is 1.92. The van der Waals surface area contributed by atoms with Gasteiger partial charge in [-0.25, -0.2) is 0 Å². The minimum atomic E-state index is 0.964. The van der Waals surface area contributed by atoms with Gasteiger partial charge in [-0.1, -0.05) is 43.0 Å². The van der Waals surface area contributed by atoms with E-state index in [2.05, 4.69) is 6.58 Å². The third-order valence-electron chi connectivity index (χ3n) is 1.51. The van der Waals surface area contributed by atoms with Gasteiger partial charge in [-0.3, -0.25) is 0 Å². The Kier molecular flexibility index (Phi) is 2.50. The molecule has 0 radical (unpaired) electrons. The number of allylic oxidation sites excluding steroid dienone is 2. The molecule has 0 aromatic heterocycles. The van der Waals surface area contributed by atoms with Crippen molar-refractivity contribution < 1.29 is 0 Å². The molecule has 0 aliphatic rings. The molecule has 1 aromatic rings. The summed E-state index contributed by atoms with van der Waals surface area (Å²) in [6.07, 6.45) is 3.30. The quantitative estimate of drug-likeness (QED) is 0.634. The van der Waals surface area contributed by atoms with Crippen LogP contribution in [0.5, 0.6) is 0 Å². The van der Waals surface area contributed by atoms with E-state index >= 15 is 0 Å². The number of nitrogens with two attached hydrogens (primary N) is 1. The summed E-state index contributed by atoms with van der Waals surface area (Å²) in [4.78, 5) is 0. The van der Waals surface area contributed by atoms with E-state index in [0.717, 1.165) is 11.1 Å². The van der Waals surface area contributed by atoms with Crippen LogP contribution in [-0.2, 0) is 0 Å². The predicted octanol–water partition coefficient (Wildman–Crippen LogP) is 2.17. The maximum absolute atomic E-state index is 5.38. The Morgan fingerprint density at radius 1 is 1.27 bits per heavy atom. The van der Waals surface area contributed by atoms with Crippen molar-refractivity contribution in [3.8, 4) is 0 Å². The number of benzene rings is 1. The lowest BCUT2D eigenvalue weighted by molar-refractivity contribution is 1.56. The normalized spacial score (nSPS) is 11.1. The number of hydrogen-bond donors (Lipinski definition) is 1. The molecular formula is C10H11N. The van der Waals surface area contributed by atoms with Gasteiger partial charge >= 0.3 is 0 Å². The van der Waals surface area contributed by atoms with Gasteiger partial charge in [0.25, 0.3) is 0 Å². The third-order valence-corrected chi connectivity index (χ3v) is 1.51. The van der Waals surface area contributed by atoms with Crippen LogP contribution in [0, 0.1) is 0 Å². The summed E-state index contributed by atoms with van der Waals surface area (Å²) >= 11 is 0. The van der Waals surface area contributed by atoms with E-state index in [-0.39, 0.29) is 0 Å². The van der Waals surface area contributed by atoms with Gasteiger partial charge in [0.15, 0.2) is 0 Å². The molecule has 0 unspecified atom stereocenters. The number of rotatable bonds is 2. The summed E-state index contributed by atoms with van der Waals surface area (Å²) in [6, 6.07) is 9.92. The first-order valence-corrected chi connectivity index (χ1v) is 3.48. The van der Waals surface area contributed by atoms with Crippen molar-refractivity contribution >= 4 is 5.57 Å². The molecule has 1 nitrogen and oxygen atoms in total. The Balaban J connectivity index is 3.01. The van der Waals surface area contributed by atoms with Gasteiger partial charge in [0, 0.05) is 6.20 Å². The largest absolute Gasteiger partial charge is 0.404 e. The molecule has 1 rings (SSSR count). The first kappa shape index (κ1) is 7.61. The van der Waals surface area contributed by atoms with Gasteiger partial charge in [0.1, 0.15) is 0 Å². The Labute approximate surface area is 66.9 Å². The summed E-state index contributed by atoms with van der Waals surface area (Å²) in [5.74, 6) is 0. The minimum absolute atomic E-state index is 0.964. The van der Waals surface area contributed by atoms with Gasteiger partial charge in [0.05, 0.1) is 0 Å². The molecule has 0 atom stereocenters. The zero-order valence-electron chi connectivity index (χ0n) is 6.33. The zero-order valence-corrected chi connectivity index (χ0v) is 6.33. The van der Waals surface area contributed by atoms with Gasteiger partial charge in [0.2, 0.25) is 0 Å². The molecule has 0 heterocycles. The summed E-state index contributed by atoms with van der Waals surface area (Å²) in [7, 11) is 0. The monoisotopic (exact) mass is 145 g/mol. The fraction of sp³-hybridized carbons (Fsp3) is 0. The average Bonchev–Trinajstić information content (AvgIpc) is 2.09. The van der Waals surface area contributed by atoms with Crippen molar-refractivity contribution in [1.82, 2.24) is 0 Å². The highest BCUT2D eigenvalue weighted by atomic mass is 14.5. The molecular weight excluding hydrogens is 134 g/mol. The Morgan fingerprint density at radius 2 is 1.91 bits per heavy atom. The van der Waals surface area contributed by atoms with Gasteiger partial charge in [-0.2, -0.15) is 0 Å². The first-order chi connectivity index (χ1) is 5.38. The average molecular weight is 145 g/mol. The molecule has 1 heteroatoms. The van der Waals surface area contributed by atoms with Gasteiger partial charge in [-0.15, -0.1) is 0 Å². The topological polar surface area (TPSA) is 26.0 Å². The van der Waals surface area contributed by atoms with Crippen molar-refractivity contribution in [3.63, 3.8) is 0 Å². The highest BCUT2D eigenvalue weighted by Crippen LogP contribution is 2.12. The van der Waals surface area contributed by atoms with Crippen LogP contribution in [0.1, 0.15) is 5.56 Å². The van der Waals surface area contributed by atoms with Crippen LogP contribution in [0.2, 0.25) is 0 Å². The smallest absolute Gasteiger partial charge is 0.00173 e. The van der Waals surface area contributed by atoms with Crippen molar-refractivity contribution in [3.05, 3.63) is 54.8 Å². The standard InChI is InChI=1S/C10H11N/c1-2-9(8-11)10-6-4-3-5-7-10/h2-8H,1,11H2/b9-8+. The molecule has 1 aromatic carbocycles. The Bertz CT molecular complexity index is 259. The van der Waals surface area contributed by atoms with Crippen LogP contribution in [-0.4, -0.2) is 0 Å². The molecule has 0 aliphatic carbocycles. The van der Waals surface area contributed by atoms with Crippen LogP contribution >= 0.6 is 0 Å². The lowest BCUT2D eigenvalue weighted by atomic mass is 10.1. The fourth-order valence-corrected chi connectivity index (χ4v) is 0.913. The molecule has 0 saturated heterocycles. The molecule has 2 N–H and O–H groups in total. The number of hydrogen-bond acceptors (Lipinski definition) is 1. The molecule has 0 saturated carbocycles. The lowest BCUT2D eigenvalue weighted by Crippen LogP contribution is -1.85. The van der Waals surface area contributed by atoms with E-state index in [1.54, 1.807) is 12.3 Å². The molecule has 0 aliphatic heterocycles. The van der Waals surface area contributed by atoms with E-state index in [1.165, 1.54) is 0 Å². The van der Waals surface area contributed by atoms with Crippen molar-refractivity contribution in [2.45, 2.75) is 0 Å². The van der Waals surface area contributed by atoms with Crippen molar-refractivity contribution in [2.75, 3.05) is 0 Å². The predicted molar refractivity (Wildman–Crippen MR) is 48.8 cm³/mol. The van der Waals surface area contributed by atoms with E-state index in [9.17, 15) is 0 Å². The third kappa shape index (κ3) is 1.71. The SMILES string of the molecule is C=C/C(=C\N)c1ccccc1. The van der Waals surface area contributed by atoms with Crippen LogP contribution in [0.15, 0.2) is 49.2 Å². The van der Waals surface area contributed by atoms with E-state index in [1.807, 2.05) is 30.3 Å². The van der Waals surface area contributed by atoms with Crippen LogP contribution < -0.4 is 5.73 Å². The van der Waals surface area contributed by atoms with Crippen LogP contribution in [0.4, 0.5) is 0 Å². The van der Waals surface area contributed by atoms with Crippen molar-refractivity contribution in [2.24, 2.45) is 5.73 Å². The fourth-order valence-electron chi connectivity index (χ4n) is 0.913. The minimum Gasteiger partial charge on any atom is -0.404 e. The first-order valence-electron chi connectivity index (χ1n) is 3.48. The van der Waals surface area contributed by atoms with Gasteiger partial charge < -0.3 is 5.73 Å². The molecule has 11 heavy (non-hydrogen) atoms. The van der Waals surface area contributed by atoms with Gasteiger partial charge in [-0.05, 0) is 11.1 Å². The lowest BCUT2D eigenvalue weighted by Gasteiger charge is -1.98. The van der Waals surface area contributed by atoms with Crippen LogP contribution in [0.3, 0.4) is 0 Å². The summed E-state index contributed by atoms with van der Waals surface area (Å²) < 4.78 is 0. The second-order valence-electron chi connectivity index (χ2n) is 2.19. The van der Waals surface area contributed by atoms with Crippen LogP contribution in [0.25, 0.3) is 5.57 Å². The Morgan fingerprint density at radius 3 is 2.36 bits per heavy atom. The molecule has 0 bridgehead atoms. The Hall–Kier alpha value is -1.50. The summed E-state index contributed by atoms with van der Waals surface area (Å²) in [5, 5.41) is 0.